The van der Waals surface area contributed by atoms with E-state index in [1.54, 1.807) is 4.57 Å². The highest BCUT2D eigenvalue weighted by Crippen LogP contribution is 2.22. The van der Waals surface area contributed by atoms with Crippen LogP contribution in [0.5, 0.6) is 0 Å². The van der Waals surface area contributed by atoms with Crippen molar-refractivity contribution in [3.63, 3.8) is 0 Å². The molecule has 0 unspecified atom stereocenters. The molecule has 0 bridgehead atoms. The van der Waals surface area contributed by atoms with E-state index in [4.69, 9.17) is 16.6 Å². The summed E-state index contributed by atoms with van der Waals surface area (Å²) < 4.78 is 2.68. The van der Waals surface area contributed by atoms with Gasteiger partial charge in [0.05, 0.1) is 16.6 Å². The van der Waals surface area contributed by atoms with E-state index in [1.165, 1.54) is 0 Å². The predicted molar refractivity (Wildman–Crippen MR) is 130 cm³/mol. The van der Waals surface area contributed by atoms with Crippen LogP contribution in [0.25, 0.3) is 28.7 Å². The lowest BCUT2D eigenvalue weighted by Gasteiger charge is -2.14. The van der Waals surface area contributed by atoms with Crippen LogP contribution in [0.1, 0.15) is 22.5 Å². The molecule has 0 fully saturated rings. The number of rotatable bonds is 3. The van der Waals surface area contributed by atoms with Crippen molar-refractivity contribution in [1.29, 1.82) is 0 Å². The monoisotopic (exact) mass is 512 g/mol. The molecule has 4 aromatic rings. The molecule has 0 atom stereocenters. The summed E-state index contributed by atoms with van der Waals surface area (Å²) in [6, 6.07) is 19.4. The Balaban J connectivity index is 2.00. The van der Waals surface area contributed by atoms with Crippen molar-refractivity contribution in [3.8, 4) is 5.69 Å². The molecule has 1 aromatic heterocycles. The molecule has 1 heterocycles. The van der Waals surface area contributed by atoms with Crippen LogP contribution in [-0.2, 0) is 0 Å². The lowest BCUT2D eigenvalue weighted by Crippen LogP contribution is -2.23. The van der Waals surface area contributed by atoms with Crippen molar-refractivity contribution in [1.82, 2.24) is 9.55 Å². The van der Waals surface area contributed by atoms with E-state index in [9.17, 15) is 4.79 Å². The summed E-state index contributed by atoms with van der Waals surface area (Å²) >= 11 is 8.51. The summed E-state index contributed by atoms with van der Waals surface area (Å²) in [7, 11) is 0. The lowest BCUT2D eigenvalue weighted by molar-refractivity contribution is 0.933. The number of aromatic nitrogens is 2. The summed E-state index contributed by atoms with van der Waals surface area (Å²) in [5, 5.41) is 1.26. The standard InChI is InChI=1S/C24H18ClIN2O/c1-15-7-11-22(16(2)13-15)28-23(12-8-17-5-3-4-6-20(17)25)27-21-10-9-18(26)14-19(21)24(28)29/h3-14H,1-2H3/b12-8+. The molecule has 0 N–H and O–H groups in total. The van der Waals surface area contributed by atoms with Gasteiger partial charge >= 0.3 is 0 Å². The van der Waals surface area contributed by atoms with Crippen molar-refractivity contribution in [2.24, 2.45) is 0 Å². The van der Waals surface area contributed by atoms with Crippen molar-refractivity contribution < 1.29 is 0 Å². The van der Waals surface area contributed by atoms with Crippen LogP contribution in [-0.4, -0.2) is 9.55 Å². The lowest BCUT2D eigenvalue weighted by atomic mass is 10.1. The second-order valence-electron chi connectivity index (χ2n) is 6.92. The van der Waals surface area contributed by atoms with Crippen LogP contribution in [0.4, 0.5) is 0 Å². The Morgan fingerprint density at radius 3 is 2.55 bits per heavy atom. The van der Waals surface area contributed by atoms with Crippen LogP contribution < -0.4 is 5.56 Å². The van der Waals surface area contributed by atoms with Crippen LogP contribution in [0.2, 0.25) is 5.02 Å². The molecule has 0 radical (unpaired) electrons. The second kappa shape index (κ2) is 8.13. The normalized spacial score (nSPS) is 11.4. The summed E-state index contributed by atoms with van der Waals surface area (Å²) in [6.07, 6.45) is 3.74. The fourth-order valence-electron chi connectivity index (χ4n) is 3.35. The molecule has 0 aliphatic carbocycles. The molecule has 0 aliphatic heterocycles. The van der Waals surface area contributed by atoms with Crippen molar-refractivity contribution in [3.05, 3.63) is 102 Å². The third-order valence-corrected chi connectivity index (χ3v) is 5.78. The van der Waals surface area contributed by atoms with Gasteiger partial charge in [-0.25, -0.2) is 4.98 Å². The SMILES string of the molecule is Cc1ccc(-n2c(/C=C/c3ccccc3Cl)nc3ccc(I)cc3c2=O)c(C)c1. The molecule has 0 aliphatic rings. The molecule has 0 amide bonds. The molecule has 0 saturated heterocycles. The van der Waals surface area contributed by atoms with E-state index in [2.05, 4.69) is 28.7 Å². The van der Waals surface area contributed by atoms with Gasteiger partial charge in [-0.2, -0.15) is 0 Å². The number of hydrogen-bond donors (Lipinski definition) is 0. The summed E-state index contributed by atoms with van der Waals surface area (Å²) in [6.45, 7) is 4.05. The van der Waals surface area contributed by atoms with Crippen LogP contribution in [0.3, 0.4) is 0 Å². The Bertz CT molecular complexity index is 1320. The predicted octanol–water partition coefficient (Wildman–Crippen LogP) is 6.43. The number of hydrogen-bond acceptors (Lipinski definition) is 2. The fourth-order valence-corrected chi connectivity index (χ4v) is 4.04. The minimum Gasteiger partial charge on any atom is -0.268 e. The van der Waals surface area contributed by atoms with Gasteiger partial charge in [-0.1, -0.05) is 47.5 Å². The van der Waals surface area contributed by atoms with Gasteiger partial charge in [-0.3, -0.25) is 9.36 Å². The van der Waals surface area contributed by atoms with E-state index in [-0.39, 0.29) is 5.56 Å². The number of halogens is 2. The first-order valence-corrected chi connectivity index (χ1v) is 10.6. The molecular weight excluding hydrogens is 495 g/mol. The van der Waals surface area contributed by atoms with E-state index in [0.29, 0.717) is 21.7 Å². The highest BCUT2D eigenvalue weighted by atomic mass is 127. The molecule has 144 valence electrons. The zero-order valence-electron chi connectivity index (χ0n) is 16.0. The van der Waals surface area contributed by atoms with Gasteiger partial charge < -0.3 is 0 Å². The van der Waals surface area contributed by atoms with Gasteiger partial charge in [-0.05, 0) is 90.0 Å². The molecule has 3 aromatic carbocycles. The first kappa shape index (κ1) is 19.9. The van der Waals surface area contributed by atoms with E-state index in [1.807, 2.05) is 80.6 Å². The van der Waals surface area contributed by atoms with Gasteiger partial charge in [0, 0.05) is 8.59 Å². The largest absolute Gasteiger partial charge is 0.268 e. The Hall–Kier alpha value is -2.44. The van der Waals surface area contributed by atoms with E-state index < -0.39 is 0 Å². The first-order chi connectivity index (χ1) is 13.9. The second-order valence-corrected chi connectivity index (χ2v) is 8.57. The average molecular weight is 513 g/mol. The highest BCUT2D eigenvalue weighted by Gasteiger charge is 2.13. The summed E-state index contributed by atoms with van der Waals surface area (Å²) in [4.78, 5) is 18.3. The molecule has 3 nitrogen and oxygen atoms in total. The maximum Gasteiger partial charge on any atom is 0.266 e. The number of nitrogens with zero attached hydrogens (tertiary/aromatic N) is 2. The zero-order valence-corrected chi connectivity index (χ0v) is 18.9. The van der Waals surface area contributed by atoms with E-state index >= 15 is 0 Å². The minimum atomic E-state index is -0.0840. The van der Waals surface area contributed by atoms with Gasteiger partial charge in [0.15, 0.2) is 0 Å². The van der Waals surface area contributed by atoms with Gasteiger partial charge in [0.1, 0.15) is 5.82 Å². The number of aryl methyl sites for hydroxylation is 2. The molecule has 0 saturated carbocycles. The quantitative estimate of drug-likeness (QED) is 0.297. The fraction of sp³-hybridized carbons (Fsp3) is 0.0833. The van der Waals surface area contributed by atoms with Gasteiger partial charge in [0.2, 0.25) is 0 Å². The Morgan fingerprint density at radius 2 is 1.79 bits per heavy atom. The highest BCUT2D eigenvalue weighted by molar-refractivity contribution is 14.1. The molecule has 0 spiro atoms. The third kappa shape index (κ3) is 4.00. The Labute approximate surface area is 187 Å². The smallest absolute Gasteiger partial charge is 0.266 e. The number of benzene rings is 3. The van der Waals surface area contributed by atoms with E-state index in [0.717, 1.165) is 25.9 Å². The average Bonchev–Trinajstić information content (AvgIpc) is 2.69. The van der Waals surface area contributed by atoms with Crippen LogP contribution in [0.15, 0.2) is 65.5 Å². The van der Waals surface area contributed by atoms with Gasteiger partial charge in [0.25, 0.3) is 5.56 Å². The van der Waals surface area contributed by atoms with Crippen molar-refractivity contribution in [2.45, 2.75) is 13.8 Å². The summed E-state index contributed by atoms with van der Waals surface area (Å²) in [5.41, 5.74) is 4.46. The number of fused-ring (bicyclic) bond motifs is 1. The topological polar surface area (TPSA) is 34.9 Å². The van der Waals surface area contributed by atoms with Crippen molar-refractivity contribution >= 4 is 57.2 Å². The first-order valence-electron chi connectivity index (χ1n) is 9.16. The molecule has 5 heteroatoms. The molecular formula is C24H18ClIN2O. The Morgan fingerprint density at radius 1 is 1.00 bits per heavy atom. The maximum absolute atomic E-state index is 13.5. The third-order valence-electron chi connectivity index (χ3n) is 4.77. The maximum atomic E-state index is 13.5. The minimum absolute atomic E-state index is 0.0840. The van der Waals surface area contributed by atoms with Gasteiger partial charge in [-0.15, -0.1) is 0 Å². The van der Waals surface area contributed by atoms with Crippen LogP contribution in [0, 0.1) is 17.4 Å². The summed E-state index contributed by atoms with van der Waals surface area (Å²) in [5.74, 6) is 0.565. The van der Waals surface area contributed by atoms with Crippen molar-refractivity contribution in [2.75, 3.05) is 0 Å². The zero-order chi connectivity index (χ0) is 20.5. The molecule has 4 rings (SSSR count). The Kier molecular flexibility index (Phi) is 5.56. The molecule has 29 heavy (non-hydrogen) atoms. The van der Waals surface area contributed by atoms with Crippen LogP contribution >= 0.6 is 34.2 Å².